The quantitative estimate of drug-likeness (QED) is 0.812. The second-order valence-corrected chi connectivity index (χ2v) is 4.03. The molecule has 0 heterocycles. The predicted octanol–water partition coefficient (Wildman–Crippen LogP) is 2.46. The van der Waals surface area contributed by atoms with Gasteiger partial charge in [0, 0.05) is 13.2 Å². The van der Waals surface area contributed by atoms with Crippen molar-refractivity contribution in [2.24, 2.45) is 11.7 Å². The Morgan fingerprint density at radius 1 is 1.33 bits per heavy atom. The molecule has 0 saturated heterocycles. The molecule has 0 unspecified atom stereocenters. The zero-order valence-corrected chi connectivity index (χ0v) is 9.29. The molecule has 0 amide bonds. The molecular weight excluding hydrogens is 193 g/mol. The Hall–Kier alpha value is -0.930. The molecule has 1 rings (SSSR count). The summed E-state index contributed by atoms with van der Waals surface area (Å²) in [6.07, 6.45) is 0. The first-order valence-electron chi connectivity index (χ1n) is 5.18. The molecule has 15 heavy (non-hydrogen) atoms. The van der Waals surface area contributed by atoms with Crippen LogP contribution >= 0.6 is 0 Å². The summed E-state index contributed by atoms with van der Waals surface area (Å²) >= 11 is 0. The highest BCUT2D eigenvalue weighted by atomic mass is 19.1. The first-order valence-corrected chi connectivity index (χ1v) is 5.18. The molecule has 0 saturated carbocycles. The lowest BCUT2D eigenvalue weighted by molar-refractivity contribution is 0.0964. The molecule has 0 atom stereocenters. The van der Waals surface area contributed by atoms with E-state index in [4.69, 9.17) is 10.5 Å². The number of hydrogen-bond donors (Lipinski definition) is 1. The van der Waals surface area contributed by atoms with Gasteiger partial charge in [-0.1, -0.05) is 19.9 Å². The van der Waals surface area contributed by atoms with E-state index in [0.29, 0.717) is 25.7 Å². The monoisotopic (exact) mass is 211 g/mol. The smallest absolute Gasteiger partial charge is 0.123 e. The van der Waals surface area contributed by atoms with Crippen molar-refractivity contribution in [1.82, 2.24) is 0 Å². The molecule has 1 aromatic carbocycles. The largest absolute Gasteiger partial charge is 0.376 e. The number of halogens is 1. The summed E-state index contributed by atoms with van der Waals surface area (Å²) < 4.78 is 18.4. The van der Waals surface area contributed by atoms with E-state index in [1.165, 1.54) is 12.1 Å². The molecule has 2 nitrogen and oxygen atoms in total. The van der Waals surface area contributed by atoms with Crippen molar-refractivity contribution < 1.29 is 9.13 Å². The highest BCUT2D eigenvalue weighted by molar-refractivity contribution is 5.27. The summed E-state index contributed by atoms with van der Waals surface area (Å²) in [6, 6.07) is 4.63. The Kier molecular flexibility index (Phi) is 4.72. The van der Waals surface area contributed by atoms with Crippen molar-refractivity contribution in [3.8, 4) is 0 Å². The molecule has 0 aliphatic carbocycles. The van der Waals surface area contributed by atoms with Gasteiger partial charge in [-0.15, -0.1) is 0 Å². The van der Waals surface area contributed by atoms with Crippen LogP contribution in [0.4, 0.5) is 4.39 Å². The van der Waals surface area contributed by atoms with Crippen LogP contribution in [0.25, 0.3) is 0 Å². The average molecular weight is 211 g/mol. The van der Waals surface area contributed by atoms with Crippen LogP contribution in [0.2, 0.25) is 0 Å². The van der Waals surface area contributed by atoms with Crippen LogP contribution in [0.1, 0.15) is 25.0 Å². The van der Waals surface area contributed by atoms with E-state index in [2.05, 4.69) is 13.8 Å². The zero-order chi connectivity index (χ0) is 11.3. The lowest BCUT2D eigenvalue weighted by Crippen LogP contribution is -2.06. The first kappa shape index (κ1) is 12.1. The number of benzene rings is 1. The van der Waals surface area contributed by atoms with Gasteiger partial charge in [0.05, 0.1) is 6.61 Å². The molecule has 0 bridgehead atoms. The number of hydrogen-bond acceptors (Lipinski definition) is 2. The van der Waals surface area contributed by atoms with Gasteiger partial charge in [-0.25, -0.2) is 4.39 Å². The molecule has 1 aromatic rings. The van der Waals surface area contributed by atoms with E-state index in [-0.39, 0.29) is 5.82 Å². The molecule has 84 valence electrons. The molecule has 0 aliphatic rings. The fraction of sp³-hybridized carbons (Fsp3) is 0.500. The second-order valence-electron chi connectivity index (χ2n) is 4.03. The first-order chi connectivity index (χ1) is 7.13. The summed E-state index contributed by atoms with van der Waals surface area (Å²) in [5.41, 5.74) is 7.34. The lowest BCUT2D eigenvalue weighted by atomic mass is 10.1. The van der Waals surface area contributed by atoms with Crippen LogP contribution < -0.4 is 5.73 Å². The van der Waals surface area contributed by atoms with Crippen molar-refractivity contribution in [2.45, 2.75) is 27.0 Å². The van der Waals surface area contributed by atoms with E-state index in [1.54, 1.807) is 6.07 Å². The van der Waals surface area contributed by atoms with E-state index in [0.717, 1.165) is 11.1 Å². The van der Waals surface area contributed by atoms with E-state index in [9.17, 15) is 4.39 Å². The molecule has 0 aliphatic heterocycles. The molecular formula is C12H18FNO. The fourth-order valence-corrected chi connectivity index (χ4v) is 1.33. The molecule has 2 N–H and O–H groups in total. The summed E-state index contributed by atoms with van der Waals surface area (Å²) in [5, 5.41) is 0. The number of rotatable bonds is 5. The van der Waals surface area contributed by atoms with Gasteiger partial charge in [-0.05, 0) is 29.2 Å². The predicted molar refractivity (Wildman–Crippen MR) is 58.8 cm³/mol. The minimum atomic E-state index is -0.240. The maximum atomic E-state index is 13.0. The van der Waals surface area contributed by atoms with Crippen molar-refractivity contribution in [3.05, 3.63) is 35.1 Å². The highest BCUT2D eigenvalue weighted by Gasteiger charge is 2.03. The van der Waals surface area contributed by atoms with Gasteiger partial charge < -0.3 is 10.5 Å². The number of ether oxygens (including phenoxy) is 1. The normalized spacial score (nSPS) is 11.0. The third-order valence-corrected chi connectivity index (χ3v) is 2.10. The second kappa shape index (κ2) is 5.83. The van der Waals surface area contributed by atoms with Crippen LogP contribution in [-0.4, -0.2) is 6.61 Å². The van der Waals surface area contributed by atoms with Gasteiger partial charge in [0.15, 0.2) is 0 Å². The molecule has 0 radical (unpaired) electrons. The van der Waals surface area contributed by atoms with Gasteiger partial charge >= 0.3 is 0 Å². The van der Waals surface area contributed by atoms with Gasteiger partial charge in [0.1, 0.15) is 5.82 Å². The summed E-state index contributed by atoms with van der Waals surface area (Å²) in [7, 11) is 0. The molecule has 0 aromatic heterocycles. The van der Waals surface area contributed by atoms with Crippen molar-refractivity contribution >= 4 is 0 Å². The maximum Gasteiger partial charge on any atom is 0.123 e. The van der Waals surface area contributed by atoms with Gasteiger partial charge in [-0.3, -0.25) is 0 Å². The minimum absolute atomic E-state index is 0.240. The van der Waals surface area contributed by atoms with Gasteiger partial charge in [0.25, 0.3) is 0 Å². The molecule has 0 fully saturated rings. The number of nitrogens with two attached hydrogens (primary N) is 1. The van der Waals surface area contributed by atoms with Crippen LogP contribution in [0.15, 0.2) is 18.2 Å². The minimum Gasteiger partial charge on any atom is -0.376 e. The van der Waals surface area contributed by atoms with Crippen LogP contribution in [-0.2, 0) is 17.9 Å². The molecule has 0 spiro atoms. The lowest BCUT2D eigenvalue weighted by Gasteiger charge is -2.10. The maximum absolute atomic E-state index is 13.0. The van der Waals surface area contributed by atoms with E-state index in [1.807, 2.05) is 0 Å². The van der Waals surface area contributed by atoms with Crippen LogP contribution in [0, 0.1) is 11.7 Å². The Morgan fingerprint density at radius 2 is 2.07 bits per heavy atom. The Labute approximate surface area is 90.2 Å². The van der Waals surface area contributed by atoms with E-state index < -0.39 is 0 Å². The van der Waals surface area contributed by atoms with Crippen molar-refractivity contribution in [3.63, 3.8) is 0 Å². The Balaban J connectivity index is 2.62. The zero-order valence-electron chi connectivity index (χ0n) is 9.29. The standard InChI is InChI=1S/C12H18FNO/c1-9(2)7-15-8-11-5-12(13)4-3-10(11)6-14/h3-5,9H,6-8,14H2,1-2H3. The Bertz CT molecular complexity index is 312. The summed E-state index contributed by atoms with van der Waals surface area (Å²) in [6.45, 7) is 5.69. The average Bonchev–Trinajstić information content (AvgIpc) is 2.17. The van der Waals surface area contributed by atoms with Crippen LogP contribution in [0.5, 0.6) is 0 Å². The van der Waals surface area contributed by atoms with Gasteiger partial charge in [0.2, 0.25) is 0 Å². The Morgan fingerprint density at radius 3 is 2.67 bits per heavy atom. The third kappa shape index (κ3) is 3.98. The third-order valence-electron chi connectivity index (χ3n) is 2.10. The van der Waals surface area contributed by atoms with Gasteiger partial charge in [-0.2, -0.15) is 0 Å². The summed E-state index contributed by atoms with van der Waals surface area (Å²) in [4.78, 5) is 0. The topological polar surface area (TPSA) is 35.2 Å². The SMILES string of the molecule is CC(C)COCc1cc(F)ccc1CN. The molecule has 3 heteroatoms. The fourth-order valence-electron chi connectivity index (χ4n) is 1.33. The highest BCUT2D eigenvalue weighted by Crippen LogP contribution is 2.12. The van der Waals surface area contributed by atoms with Crippen molar-refractivity contribution in [2.75, 3.05) is 6.61 Å². The van der Waals surface area contributed by atoms with E-state index >= 15 is 0 Å². The summed E-state index contributed by atoms with van der Waals surface area (Å²) in [5.74, 6) is 0.246. The van der Waals surface area contributed by atoms with Crippen molar-refractivity contribution in [1.29, 1.82) is 0 Å². The van der Waals surface area contributed by atoms with Crippen LogP contribution in [0.3, 0.4) is 0 Å².